The molecule has 1 N–H and O–H groups in total. The molecule has 0 spiro atoms. The summed E-state index contributed by atoms with van der Waals surface area (Å²) in [6, 6.07) is 14.6. The Hall–Kier alpha value is -4.27. The molecule has 9 heteroatoms. The third-order valence-electron chi connectivity index (χ3n) is 4.71. The maximum absolute atomic E-state index is 12.3. The third kappa shape index (κ3) is 4.50. The normalized spacial score (nSPS) is 10.8. The van der Waals surface area contributed by atoms with E-state index in [1.807, 2.05) is 30.5 Å². The minimum Gasteiger partial charge on any atom is -0.465 e. The molecule has 0 atom stereocenters. The van der Waals surface area contributed by atoms with E-state index in [1.165, 1.54) is 31.5 Å². The van der Waals surface area contributed by atoms with Crippen LogP contribution in [0.5, 0.6) is 0 Å². The number of nitro groups is 1. The number of aryl methyl sites for hydroxylation is 1. The number of carbonyl (C=O) groups excluding carboxylic acids is 2. The lowest BCUT2D eigenvalue weighted by atomic mass is 10.2. The Morgan fingerprint density at radius 1 is 1.13 bits per heavy atom. The van der Waals surface area contributed by atoms with E-state index in [0.717, 1.165) is 22.6 Å². The molecule has 9 nitrogen and oxygen atoms in total. The van der Waals surface area contributed by atoms with Crippen LogP contribution in [0.15, 0.2) is 59.7 Å². The van der Waals surface area contributed by atoms with Crippen LogP contribution in [0.2, 0.25) is 0 Å². The van der Waals surface area contributed by atoms with Crippen LogP contribution >= 0.6 is 0 Å². The molecule has 31 heavy (non-hydrogen) atoms. The Balaban J connectivity index is 1.83. The second-order valence-electron chi connectivity index (χ2n) is 6.68. The number of benzene rings is 2. The molecule has 3 rings (SSSR count). The van der Waals surface area contributed by atoms with Crippen LogP contribution in [-0.4, -0.2) is 34.7 Å². The van der Waals surface area contributed by atoms with Gasteiger partial charge in [-0.25, -0.2) is 10.2 Å². The Labute approximate surface area is 178 Å². The van der Waals surface area contributed by atoms with Crippen LogP contribution < -0.4 is 5.43 Å². The van der Waals surface area contributed by atoms with Gasteiger partial charge < -0.3 is 9.30 Å². The molecule has 0 bridgehead atoms. The second-order valence-corrected chi connectivity index (χ2v) is 6.68. The first kappa shape index (κ1) is 21.4. The molecule has 0 radical (unpaired) electrons. The predicted octanol–water partition coefficient (Wildman–Crippen LogP) is 3.55. The van der Waals surface area contributed by atoms with Gasteiger partial charge in [0.05, 0.1) is 23.8 Å². The topological polar surface area (TPSA) is 116 Å². The number of methoxy groups -OCH3 is 1. The number of rotatable bonds is 6. The highest BCUT2D eigenvalue weighted by atomic mass is 16.6. The standard InChI is InChI=1S/C22H20N4O5/c1-14-11-17(13-23-24-21(27)19-9-4-5-10-20(19)26(29)30)15(2)25(14)18-8-6-7-16(12-18)22(28)31-3/h4-13H,1-3H3,(H,24,27)/b23-13-. The molecule has 0 aliphatic heterocycles. The lowest BCUT2D eigenvalue weighted by Crippen LogP contribution is -2.19. The number of nitrogens with zero attached hydrogens (tertiary/aromatic N) is 3. The minimum absolute atomic E-state index is 0.0743. The highest BCUT2D eigenvalue weighted by Crippen LogP contribution is 2.21. The van der Waals surface area contributed by atoms with Crippen LogP contribution in [0.25, 0.3) is 5.69 Å². The number of nitrogens with one attached hydrogen (secondary N) is 1. The van der Waals surface area contributed by atoms with Crippen molar-refractivity contribution in [2.24, 2.45) is 5.10 Å². The Bertz CT molecular complexity index is 1200. The molecule has 1 amide bonds. The first-order valence-corrected chi connectivity index (χ1v) is 9.28. The number of nitro benzene ring substituents is 1. The number of hydrogen-bond acceptors (Lipinski definition) is 6. The van der Waals surface area contributed by atoms with E-state index in [-0.39, 0.29) is 11.3 Å². The van der Waals surface area contributed by atoms with E-state index in [0.29, 0.717) is 5.56 Å². The smallest absolute Gasteiger partial charge is 0.337 e. The monoisotopic (exact) mass is 420 g/mol. The van der Waals surface area contributed by atoms with Gasteiger partial charge in [-0.15, -0.1) is 0 Å². The van der Waals surface area contributed by atoms with E-state index in [1.54, 1.807) is 24.3 Å². The summed E-state index contributed by atoms with van der Waals surface area (Å²) in [6.45, 7) is 3.78. The molecule has 2 aromatic carbocycles. The fourth-order valence-electron chi connectivity index (χ4n) is 3.25. The van der Waals surface area contributed by atoms with Crippen molar-refractivity contribution in [3.05, 3.63) is 92.8 Å². The van der Waals surface area contributed by atoms with Crippen molar-refractivity contribution in [3.8, 4) is 5.69 Å². The van der Waals surface area contributed by atoms with Crippen molar-refractivity contribution in [2.45, 2.75) is 13.8 Å². The molecular weight excluding hydrogens is 400 g/mol. The minimum atomic E-state index is -0.678. The van der Waals surface area contributed by atoms with E-state index in [4.69, 9.17) is 4.74 Å². The van der Waals surface area contributed by atoms with Crippen LogP contribution in [0, 0.1) is 24.0 Å². The maximum atomic E-state index is 12.3. The molecule has 0 aliphatic rings. The number of hydrogen-bond donors (Lipinski definition) is 1. The van der Waals surface area contributed by atoms with Crippen LogP contribution in [-0.2, 0) is 4.74 Å². The SMILES string of the molecule is COC(=O)c1cccc(-n2c(C)cc(/C=N\NC(=O)c3ccccc3[N+](=O)[O-])c2C)c1. The van der Waals surface area contributed by atoms with Gasteiger partial charge in [0.15, 0.2) is 0 Å². The number of aromatic nitrogens is 1. The molecule has 158 valence electrons. The zero-order chi connectivity index (χ0) is 22.5. The van der Waals surface area contributed by atoms with Gasteiger partial charge in [-0.3, -0.25) is 14.9 Å². The average Bonchev–Trinajstić information content (AvgIpc) is 3.06. The third-order valence-corrected chi connectivity index (χ3v) is 4.71. The van der Waals surface area contributed by atoms with Gasteiger partial charge >= 0.3 is 5.97 Å². The molecule has 1 aromatic heterocycles. The fourth-order valence-corrected chi connectivity index (χ4v) is 3.25. The van der Waals surface area contributed by atoms with Crippen molar-refractivity contribution in [1.82, 2.24) is 9.99 Å². The summed E-state index contributed by atoms with van der Waals surface area (Å²) < 4.78 is 6.72. The average molecular weight is 420 g/mol. The first-order valence-electron chi connectivity index (χ1n) is 9.28. The zero-order valence-corrected chi connectivity index (χ0v) is 17.2. The molecular formula is C22H20N4O5. The number of esters is 1. The van der Waals surface area contributed by atoms with E-state index >= 15 is 0 Å². The highest BCUT2D eigenvalue weighted by molar-refractivity contribution is 5.98. The second kappa shape index (κ2) is 9.04. The molecule has 0 saturated heterocycles. The molecule has 0 unspecified atom stereocenters. The summed E-state index contributed by atoms with van der Waals surface area (Å²) in [7, 11) is 1.33. The van der Waals surface area contributed by atoms with Crippen molar-refractivity contribution in [1.29, 1.82) is 0 Å². The lowest BCUT2D eigenvalue weighted by Gasteiger charge is -2.10. The number of carbonyl (C=O) groups is 2. The summed E-state index contributed by atoms with van der Waals surface area (Å²) in [5.41, 5.74) is 5.64. The van der Waals surface area contributed by atoms with E-state index in [2.05, 4.69) is 10.5 Å². The summed E-state index contributed by atoms with van der Waals surface area (Å²) in [4.78, 5) is 34.6. The van der Waals surface area contributed by atoms with E-state index < -0.39 is 16.8 Å². The summed E-state index contributed by atoms with van der Waals surface area (Å²) in [5, 5.41) is 15.0. The summed E-state index contributed by atoms with van der Waals surface area (Å²) in [6.07, 6.45) is 1.47. The maximum Gasteiger partial charge on any atom is 0.337 e. The Morgan fingerprint density at radius 2 is 1.87 bits per heavy atom. The highest BCUT2D eigenvalue weighted by Gasteiger charge is 2.18. The fraction of sp³-hybridized carbons (Fsp3) is 0.136. The zero-order valence-electron chi connectivity index (χ0n) is 17.2. The largest absolute Gasteiger partial charge is 0.465 e. The van der Waals surface area contributed by atoms with Gasteiger partial charge in [0, 0.05) is 28.7 Å². The van der Waals surface area contributed by atoms with Crippen molar-refractivity contribution in [3.63, 3.8) is 0 Å². The van der Waals surface area contributed by atoms with Gasteiger partial charge in [0.2, 0.25) is 0 Å². The van der Waals surface area contributed by atoms with Gasteiger partial charge in [0.1, 0.15) is 5.56 Å². The van der Waals surface area contributed by atoms with Crippen LogP contribution in [0.3, 0.4) is 0 Å². The summed E-state index contributed by atoms with van der Waals surface area (Å²) in [5.74, 6) is -1.10. The number of ether oxygens (including phenoxy) is 1. The molecule has 0 saturated carbocycles. The van der Waals surface area contributed by atoms with Crippen molar-refractivity contribution in [2.75, 3.05) is 7.11 Å². The summed E-state index contributed by atoms with van der Waals surface area (Å²) >= 11 is 0. The lowest BCUT2D eigenvalue weighted by molar-refractivity contribution is -0.385. The van der Waals surface area contributed by atoms with Crippen LogP contribution in [0.1, 0.15) is 37.7 Å². The van der Waals surface area contributed by atoms with Gasteiger partial charge in [-0.2, -0.15) is 5.10 Å². The van der Waals surface area contributed by atoms with Gasteiger partial charge in [-0.05, 0) is 44.2 Å². The quantitative estimate of drug-likeness (QED) is 0.283. The van der Waals surface area contributed by atoms with Gasteiger partial charge in [-0.1, -0.05) is 18.2 Å². The molecule has 1 heterocycles. The Kier molecular flexibility index (Phi) is 6.25. The number of amides is 1. The predicted molar refractivity (Wildman–Crippen MR) is 115 cm³/mol. The molecule has 0 fully saturated rings. The van der Waals surface area contributed by atoms with Gasteiger partial charge in [0.25, 0.3) is 11.6 Å². The van der Waals surface area contributed by atoms with Crippen LogP contribution in [0.4, 0.5) is 5.69 Å². The molecule has 3 aromatic rings. The van der Waals surface area contributed by atoms with E-state index in [9.17, 15) is 19.7 Å². The number of para-hydroxylation sites is 1. The molecule has 0 aliphatic carbocycles. The number of hydrazone groups is 1. The Morgan fingerprint density at radius 3 is 2.58 bits per heavy atom. The van der Waals surface area contributed by atoms with Crippen molar-refractivity contribution >= 4 is 23.8 Å². The van der Waals surface area contributed by atoms with Crippen molar-refractivity contribution < 1.29 is 19.2 Å². The first-order chi connectivity index (χ1) is 14.8.